The van der Waals surface area contributed by atoms with Crippen LogP contribution in [0, 0.1) is 5.41 Å². The van der Waals surface area contributed by atoms with Gasteiger partial charge in [-0.1, -0.05) is 19.0 Å². The van der Waals surface area contributed by atoms with Gasteiger partial charge in [-0.2, -0.15) is 4.98 Å². The zero-order chi connectivity index (χ0) is 13.9. The first-order valence-electron chi connectivity index (χ1n) is 6.48. The fourth-order valence-corrected chi connectivity index (χ4v) is 1.82. The van der Waals surface area contributed by atoms with Crippen molar-refractivity contribution >= 4 is 5.91 Å². The molecule has 106 valence electrons. The van der Waals surface area contributed by atoms with Crippen molar-refractivity contribution in [2.45, 2.75) is 32.7 Å². The van der Waals surface area contributed by atoms with Crippen molar-refractivity contribution in [3.8, 4) is 0 Å². The van der Waals surface area contributed by atoms with Gasteiger partial charge in [0.05, 0.1) is 6.04 Å². The van der Waals surface area contributed by atoms with E-state index in [1.54, 1.807) is 0 Å². The quantitative estimate of drug-likeness (QED) is 0.707. The third-order valence-corrected chi connectivity index (χ3v) is 3.16. The lowest BCUT2D eigenvalue weighted by molar-refractivity contribution is 0.0898. The summed E-state index contributed by atoms with van der Waals surface area (Å²) in [4.78, 5) is 15.9. The van der Waals surface area contributed by atoms with Crippen LogP contribution in [0.5, 0.6) is 0 Å². The van der Waals surface area contributed by atoms with Crippen LogP contribution in [0.4, 0.5) is 0 Å². The number of rotatable bonds is 5. The molecule has 1 aliphatic heterocycles. The Morgan fingerprint density at radius 2 is 2.42 bits per heavy atom. The zero-order valence-corrected chi connectivity index (χ0v) is 11.3. The number of hydrogen-bond acceptors (Lipinski definition) is 6. The fraction of sp³-hybridized carbons (Fsp3) is 0.750. The molecule has 1 aromatic heterocycles. The predicted octanol–water partition coefficient (Wildman–Crippen LogP) is 0.242. The van der Waals surface area contributed by atoms with Gasteiger partial charge in [0.1, 0.15) is 0 Å². The van der Waals surface area contributed by atoms with Crippen LogP contribution >= 0.6 is 0 Å². The van der Waals surface area contributed by atoms with Crippen LogP contribution in [0.25, 0.3) is 0 Å². The Hall–Kier alpha value is -1.47. The van der Waals surface area contributed by atoms with Crippen molar-refractivity contribution in [3.05, 3.63) is 11.7 Å². The van der Waals surface area contributed by atoms with Crippen molar-refractivity contribution in [2.75, 3.05) is 19.7 Å². The molecule has 19 heavy (non-hydrogen) atoms. The number of hydrogen-bond donors (Lipinski definition) is 3. The molecule has 2 rings (SSSR count). The van der Waals surface area contributed by atoms with E-state index in [9.17, 15) is 4.79 Å². The maximum atomic E-state index is 11.8. The molecule has 0 radical (unpaired) electrons. The Kier molecular flexibility index (Phi) is 4.16. The van der Waals surface area contributed by atoms with Crippen LogP contribution in [0.3, 0.4) is 0 Å². The molecule has 1 aliphatic rings. The number of amides is 1. The molecule has 0 aliphatic carbocycles. The minimum atomic E-state index is -0.380. The lowest BCUT2D eigenvalue weighted by Gasteiger charge is -2.21. The number of nitrogens with zero attached hydrogens (tertiary/aromatic N) is 2. The number of aromatic nitrogens is 2. The molecule has 1 fully saturated rings. The minimum Gasteiger partial charge on any atom is -0.396 e. The summed E-state index contributed by atoms with van der Waals surface area (Å²) in [5.74, 6) is 0.121. The Balaban J connectivity index is 1.92. The molecule has 3 N–H and O–H groups in total. The van der Waals surface area contributed by atoms with Gasteiger partial charge in [0.25, 0.3) is 11.7 Å². The highest BCUT2D eigenvalue weighted by atomic mass is 16.5. The fourth-order valence-electron chi connectivity index (χ4n) is 1.82. The van der Waals surface area contributed by atoms with Gasteiger partial charge in [0.2, 0.25) is 5.89 Å². The average molecular weight is 268 g/mol. The molecule has 1 aromatic rings. The molecular formula is C12H20N4O3. The second kappa shape index (κ2) is 5.66. The number of carbonyl (C=O) groups is 1. The molecular weight excluding hydrogens is 248 g/mol. The first-order valence-corrected chi connectivity index (χ1v) is 6.48. The van der Waals surface area contributed by atoms with E-state index in [4.69, 9.17) is 9.63 Å². The summed E-state index contributed by atoms with van der Waals surface area (Å²) in [5.41, 5.74) is -0.366. The van der Waals surface area contributed by atoms with Crippen molar-refractivity contribution in [3.63, 3.8) is 0 Å². The van der Waals surface area contributed by atoms with Crippen molar-refractivity contribution in [1.29, 1.82) is 0 Å². The van der Waals surface area contributed by atoms with E-state index in [0.29, 0.717) is 12.4 Å². The highest BCUT2D eigenvalue weighted by Gasteiger charge is 2.25. The lowest BCUT2D eigenvalue weighted by atomic mass is 9.95. The van der Waals surface area contributed by atoms with E-state index in [1.807, 2.05) is 13.8 Å². The predicted molar refractivity (Wildman–Crippen MR) is 67.5 cm³/mol. The van der Waals surface area contributed by atoms with E-state index in [-0.39, 0.29) is 29.8 Å². The van der Waals surface area contributed by atoms with Crippen LogP contribution in [0.1, 0.15) is 49.2 Å². The van der Waals surface area contributed by atoms with E-state index in [2.05, 4.69) is 20.8 Å². The number of carbonyl (C=O) groups excluding carboxylic acids is 1. The van der Waals surface area contributed by atoms with Gasteiger partial charge in [0, 0.05) is 18.6 Å². The van der Waals surface area contributed by atoms with Gasteiger partial charge in [-0.3, -0.25) is 4.79 Å². The number of aliphatic hydroxyl groups excluding tert-OH is 1. The zero-order valence-electron chi connectivity index (χ0n) is 11.3. The summed E-state index contributed by atoms with van der Waals surface area (Å²) in [6.45, 7) is 5.00. The SMILES string of the molecule is CC(C)(CO)CNC(=O)c1noc(C2CCCN2)n1. The van der Waals surface area contributed by atoms with Gasteiger partial charge in [0.15, 0.2) is 0 Å². The van der Waals surface area contributed by atoms with Gasteiger partial charge in [-0.25, -0.2) is 0 Å². The molecule has 1 atom stereocenters. The molecule has 1 amide bonds. The maximum absolute atomic E-state index is 11.8. The van der Waals surface area contributed by atoms with Crippen molar-refractivity contribution in [2.24, 2.45) is 5.41 Å². The van der Waals surface area contributed by atoms with Crippen LogP contribution in [0.15, 0.2) is 4.52 Å². The monoisotopic (exact) mass is 268 g/mol. The first kappa shape index (κ1) is 14.0. The Morgan fingerprint density at radius 1 is 1.63 bits per heavy atom. The molecule has 7 nitrogen and oxygen atoms in total. The Labute approximate surface area is 111 Å². The number of nitrogens with one attached hydrogen (secondary N) is 2. The van der Waals surface area contributed by atoms with Gasteiger partial charge in [-0.05, 0) is 19.4 Å². The second-order valence-corrected chi connectivity index (χ2v) is 5.61. The highest BCUT2D eigenvalue weighted by Crippen LogP contribution is 2.21. The molecule has 1 saturated heterocycles. The van der Waals surface area contributed by atoms with E-state index < -0.39 is 0 Å². The third kappa shape index (κ3) is 3.51. The van der Waals surface area contributed by atoms with Crippen molar-refractivity contribution in [1.82, 2.24) is 20.8 Å². The molecule has 7 heteroatoms. The smallest absolute Gasteiger partial charge is 0.292 e. The van der Waals surface area contributed by atoms with Crippen LogP contribution < -0.4 is 10.6 Å². The average Bonchev–Trinajstić information content (AvgIpc) is 3.05. The van der Waals surface area contributed by atoms with Gasteiger partial charge in [-0.15, -0.1) is 0 Å². The van der Waals surface area contributed by atoms with Crippen molar-refractivity contribution < 1.29 is 14.4 Å². The summed E-state index contributed by atoms with van der Waals surface area (Å²) >= 11 is 0. The topological polar surface area (TPSA) is 100 Å². The summed E-state index contributed by atoms with van der Waals surface area (Å²) in [7, 11) is 0. The van der Waals surface area contributed by atoms with E-state index in [1.165, 1.54) is 0 Å². The maximum Gasteiger partial charge on any atom is 0.292 e. The van der Waals surface area contributed by atoms with Crippen LogP contribution in [-0.2, 0) is 0 Å². The number of aliphatic hydroxyl groups is 1. The summed E-state index contributed by atoms with van der Waals surface area (Å²) in [5, 5.41) is 18.7. The lowest BCUT2D eigenvalue weighted by Crippen LogP contribution is -2.36. The highest BCUT2D eigenvalue weighted by molar-refractivity contribution is 5.90. The van der Waals surface area contributed by atoms with Crippen LogP contribution in [-0.4, -0.2) is 40.9 Å². The Bertz CT molecular complexity index is 438. The van der Waals surface area contributed by atoms with Gasteiger partial charge < -0.3 is 20.3 Å². The minimum absolute atomic E-state index is 0.00321. The Morgan fingerprint density at radius 3 is 3.05 bits per heavy atom. The molecule has 0 bridgehead atoms. The van der Waals surface area contributed by atoms with E-state index in [0.717, 1.165) is 19.4 Å². The van der Waals surface area contributed by atoms with E-state index >= 15 is 0 Å². The van der Waals surface area contributed by atoms with Gasteiger partial charge >= 0.3 is 0 Å². The summed E-state index contributed by atoms with van der Waals surface area (Å²) in [6, 6.07) is 0.0583. The molecule has 0 saturated carbocycles. The summed E-state index contributed by atoms with van der Waals surface area (Å²) < 4.78 is 5.09. The second-order valence-electron chi connectivity index (χ2n) is 5.61. The molecule has 2 heterocycles. The molecule has 0 aromatic carbocycles. The normalized spacial score (nSPS) is 19.6. The molecule has 1 unspecified atom stereocenters. The third-order valence-electron chi connectivity index (χ3n) is 3.16. The first-order chi connectivity index (χ1) is 9.02. The molecule has 0 spiro atoms. The largest absolute Gasteiger partial charge is 0.396 e. The van der Waals surface area contributed by atoms with Crippen LogP contribution in [0.2, 0.25) is 0 Å². The summed E-state index contributed by atoms with van der Waals surface area (Å²) in [6.07, 6.45) is 2.01. The standard InChI is InChI=1S/C12H20N4O3/c1-12(2,7-17)6-14-10(18)9-15-11(19-16-9)8-4-3-5-13-8/h8,13,17H,3-7H2,1-2H3,(H,14,18).